The predicted molar refractivity (Wildman–Crippen MR) is 110 cm³/mol. The zero-order valence-corrected chi connectivity index (χ0v) is 16.6. The van der Waals surface area contributed by atoms with Crippen LogP contribution in [0.4, 0.5) is 6.01 Å². The summed E-state index contributed by atoms with van der Waals surface area (Å²) in [5.74, 6) is 0.110. The normalized spacial score (nSPS) is 18.3. The lowest BCUT2D eigenvalue weighted by Crippen LogP contribution is -2.41. The molecule has 1 spiro atoms. The number of nitrogens with one attached hydrogen (secondary N) is 2. The molecule has 29 heavy (non-hydrogen) atoms. The number of benzene rings is 1. The van der Waals surface area contributed by atoms with E-state index in [1.54, 1.807) is 0 Å². The number of rotatable bonds is 3. The van der Waals surface area contributed by atoms with E-state index < -0.39 is 0 Å². The van der Waals surface area contributed by atoms with Crippen molar-refractivity contribution in [2.45, 2.75) is 44.9 Å². The predicted octanol–water partition coefficient (Wildman–Crippen LogP) is 3.62. The van der Waals surface area contributed by atoms with Crippen molar-refractivity contribution in [2.75, 3.05) is 25.0 Å². The number of aromatic amines is 1. The first kappa shape index (κ1) is 19.4. The number of para-hydroxylation sites is 1. The smallest absolute Gasteiger partial charge is 0.315 e. The van der Waals surface area contributed by atoms with Crippen LogP contribution in [0.25, 0.3) is 10.9 Å². The lowest BCUT2D eigenvalue weighted by atomic mass is 9.94. The van der Waals surface area contributed by atoms with Gasteiger partial charge in [0.1, 0.15) is 0 Å². The van der Waals surface area contributed by atoms with E-state index >= 15 is 0 Å². The molecule has 0 unspecified atom stereocenters. The number of piperidine rings is 1. The Morgan fingerprint density at radius 3 is 2.52 bits per heavy atom. The number of aromatic nitrogens is 4. The van der Waals surface area contributed by atoms with Gasteiger partial charge in [0.15, 0.2) is 0 Å². The maximum absolute atomic E-state index is 11.9. The first-order valence-electron chi connectivity index (χ1n) is 10.4. The Morgan fingerprint density at radius 2 is 1.90 bits per heavy atom. The second-order valence-electron chi connectivity index (χ2n) is 8.00. The van der Waals surface area contributed by atoms with Gasteiger partial charge < -0.3 is 14.6 Å². The van der Waals surface area contributed by atoms with Gasteiger partial charge in [-0.15, -0.1) is 5.10 Å². The average molecular weight is 396 g/mol. The maximum atomic E-state index is 11.9. The summed E-state index contributed by atoms with van der Waals surface area (Å²) in [4.78, 5) is 13.8. The maximum Gasteiger partial charge on any atom is 0.315 e. The van der Waals surface area contributed by atoms with Gasteiger partial charge in [-0.25, -0.2) is 0 Å². The number of hydrogen-bond donors (Lipinski definition) is 2. The van der Waals surface area contributed by atoms with Crippen LogP contribution in [0.15, 0.2) is 41.3 Å². The van der Waals surface area contributed by atoms with Crippen LogP contribution < -0.4 is 5.32 Å². The molecule has 8 heteroatoms. The van der Waals surface area contributed by atoms with Gasteiger partial charge in [-0.2, -0.15) is 5.10 Å². The summed E-state index contributed by atoms with van der Waals surface area (Å²) in [5, 5.41) is 17.9. The molecule has 2 saturated carbocycles. The van der Waals surface area contributed by atoms with Crippen molar-refractivity contribution in [3.8, 4) is 0 Å². The number of nitrogens with zero attached hydrogens (tertiary/aromatic N) is 4. The van der Waals surface area contributed by atoms with Crippen molar-refractivity contribution in [3.05, 3.63) is 36.9 Å². The Kier molecular flexibility index (Phi) is 6.07. The lowest BCUT2D eigenvalue weighted by Gasteiger charge is -2.32. The summed E-state index contributed by atoms with van der Waals surface area (Å²) < 4.78 is 4.91. The third-order valence-corrected chi connectivity index (χ3v) is 5.59. The molecule has 3 fully saturated rings. The standard InChI is InChI=1S/C11H16N4O2.C7H6N2.C3H6/c16-9(7-12-10-14-13-8-17-10)15-5-3-11(1-2-11)4-6-15;1-2-4-7-6(3-1)5-8-9-7;1-2-3-1/h8H,1-7H2,(H,12,14);1-5H,(H,8,9);1-3H2. The summed E-state index contributed by atoms with van der Waals surface area (Å²) in [5.41, 5.74) is 1.70. The summed E-state index contributed by atoms with van der Waals surface area (Å²) in [7, 11) is 0. The first-order chi connectivity index (χ1) is 14.2. The van der Waals surface area contributed by atoms with Crippen molar-refractivity contribution in [2.24, 2.45) is 5.41 Å². The Bertz CT molecular complexity index is 858. The molecular formula is C21H28N6O2. The fourth-order valence-electron chi connectivity index (χ4n) is 3.30. The average Bonchev–Trinajstić information content (AvgIpc) is 3.67. The van der Waals surface area contributed by atoms with Gasteiger partial charge in [-0.3, -0.25) is 9.89 Å². The summed E-state index contributed by atoms with van der Waals surface area (Å²) >= 11 is 0. The Hall–Kier alpha value is -2.90. The topological polar surface area (TPSA) is 99.9 Å². The minimum Gasteiger partial charge on any atom is -0.411 e. The van der Waals surface area contributed by atoms with Crippen molar-refractivity contribution in [1.82, 2.24) is 25.3 Å². The van der Waals surface area contributed by atoms with E-state index in [1.807, 2.05) is 35.4 Å². The van der Waals surface area contributed by atoms with Crippen LogP contribution in [0, 0.1) is 5.41 Å². The molecule has 3 heterocycles. The van der Waals surface area contributed by atoms with E-state index in [2.05, 4.69) is 25.7 Å². The molecule has 2 aromatic heterocycles. The van der Waals surface area contributed by atoms with Crippen molar-refractivity contribution in [1.29, 1.82) is 0 Å². The Morgan fingerprint density at radius 1 is 1.14 bits per heavy atom. The lowest BCUT2D eigenvalue weighted by molar-refractivity contribution is -0.130. The molecule has 1 aliphatic heterocycles. The van der Waals surface area contributed by atoms with Gasteiger partial charge in [-0.1, -0.05) is 42.6 Å². The first-order valence-corrected chi connectivity index (χ1v) is 10.4. The van der Waals surface area contributed by atoms with Crippen LogP contribution in [-0.2, 0) is 4.79 Å². The minimum atomic E-state index is 0.110. The minimum absolute atomic E-state index is 0.110. The third-order valence-electron chi connectivity index (χ3n) is 5.59. The molecule has 1 saturated heterocycles. The molecule has 0 radical (unpaired) electrons. The van der Waals surface area contributed by atoms with Crippen LogP contribution in [0.1, 0.15) is 44.9 Å². The van der Waals surface area contributed by atoms with Crippen LogP contribution in [-0.4, -0.2) is 50.8 Å². The van der Waals surface area contributed by atoms with Crippen LogP contribution in [0.2, 0.25) is 0 Å². The number of anilines is 1. The number of amides is 1. The molecule has 2 aliphatic carbocycles. The molecule has 154 valence electrons. The van der Waals surface area contributed by atoms with Crippen molar-refractivity contribution >= 4 is 22.8 Å². The fourth-order valence-corrected chi connectivity index (χ4v) is 3.30. The Labute approximate surface area is 170 Å². The van der Waals surface area contributed by atoms with Gasteiger partial charge in [-0.05, 0) is 37.2 Å². The molecule has 0 atom stereocenters. The Balaban J connectivity index is 0.000000141. The van der Waals surface area contributed by atoms with Gasteiger partial charge in [0.05, 0.1) is 18.3 Å². The van der Waals surface area contributed by atoms with Crippen LogP contribution >= 0.6 is 0 Å². The highest BCUT2D eigenvalue weighted by atomic mass is 16.4. The largest absolute Gasteiger partial charge is 0.411 e. The molecule has 3 aliphatic rings. The third kappa shape index (κ3) is 5.79. The zero-order valence-electron chi connectivity index (χ0n) is 16.6. The zero-order chi connectivity index (χ0) is 19.9. The number of carbonyl (C=O) groups excluding carboxylic acids is 1. The van der Waals surface area contributed by atoms with E-state index in [1.165, 1.54) is 51.3 Å². The van der Waals surface area contributed by atoms with Crippen LogP contribution in [0.5, 0.6) is 0 Å². The highest BCUT2D eigenvalue weighted by molar-refractivity contribution is 5.80. The highest BCUT2D eigenvalue weighted by Gasteiger charge is 2.44. The molecule has 1 aromatic carbocycles. The van der Waals surface area contributed by atoms with E-state index in [0.717, 1.165) is 24.0 Å². The number of hydrogen-bond acceptors (Lipinski definition) is 6. The molecule has 2 N–H and O–H groups in total. The number of likely N-dealkylation sites (tertiary alicyclic amines) is 1. The second kappa shape index (κ2) is 9.07. The SMILES string of the molecule is C1CC1.O=C(CNc1nnco1)N1CCC2(CC1)CC2.c1ccc2[nH]ncc2c1. The summed E-state index contributed by atoms with van der Waals surface area (Å²) in [6.45, 7) is 2.02. The van der Waals surface area contributed by atoms with E-state index in [4.69, 9.17) is 4.42 Å². The van der Waals surface area contributed by atoms with Crippen molar-refractivity contribution < 1.29 is 9.21 Å². The number of H-pyrrole nitrogens is 1. The van der Waals surface area contributed by atoms with Gasteiger partial charge in [0, 0.05) is 18.5 Å². The summed E-state index contributed by atoms with van der Waals surface area (Å²) in [6, 6.07) is 8.31. The van der Waals surface area contributed by atoms with Crippen LogP contribution in [0.3, 0.4) is 0 Å². The molecule has 3 aromatic rings. The highest BCUT2D eigenvalue weighted by Crippen LogP contribution is 2.53. The summed E-state index contributed by atoms with van der Waals surface area (Å²) in [6.07, 6.45) is 12.6. The second-order valence-corrected chi connectivity index (χ2v) is 8.00. The molecular weight excluding hydrogens is 368 g/mol. The molecule has 1 amide bonds. The molecule has 0 bridgehead atoms. The number of fused-ring (bicyclic) bond motifs is 1. The molecule has 8 nitrogen and oxygen atoms in total. The van der Waals surface area contributed by atoms with E-state index in [-0.39, 0.29) is 12.5 Å². The quantitative estimate of drug-likeness (QED) is 0.701. The molecule has 6 rings (SSSR count). The monoisotopic (exact) mass is 396 g/mol. The van der Waals surface area contributed by atoms with E-state index in [9.17, 15) is 4.79 Å². The van der Waals surface area contributed by atoms with Gasteiger partial charge in [0.2, 0.25) is 12.3 Å². The fraction of sp³-hybridized carbons (Fsp3) is 0.524. The van der Waals surface area contributed by atoms with Crippen molar-refractivity contribution in [3.63, 3.8) is 0 Å². The van der Waals surface area contributed by atoms with E-state index in [0.29, 0.717) is 11.4 Å². The van der Waals surface area contributed by atoms with Gasteiger partial charge >= 0.3 is 6.01 Å². The number of carbonyl (C=O) groups is 1. The van der Waals surface area contributed by atoms with Gasteiger partial charge in [0.25, 0.3) is 0 Å².